The highest BCUT2D eigenvalue weighted by atomic mass is 32.2. The topological polar surface area (TPSA) is 38.8 Å². The lowest BCUT2D eigenvalue weighted by atomic mass is 10.2. The van der Waals surface area contributed by atoms with Crippen molar-refractivity contribution in [2.24, 2.45) is 0 Å². The number of ether oxygens (including phenoxy) is 2. The normalized spacial score (nSPS) is 15.3. The Morgan fingerprint density at radius 2 is 2.12 bits per heavy atom. The van der Waals surface area contributed by atoms with Crippen LogP contribution in [0.1, 0.15) is 0 Å². The molecule has 6 heteroatoms. The van der Waals surface area contributed by atoms with Crippen molar-refractivity contribution < 1.29 is 14.3 Å². The van der Waals surface area contributed by atoms with E-state index in [9.17, 15) is 4.79 Å². The van der Waals surface area contributed by atoms with Gasteiger partial charge >= 0.3 is 0 Å². The molecule has 1 aromatic rings. The number of carbonyl (C=O) groups is 1. The molecule has 0 N–H and O–H groups in total. The Morgan fingerprint density at radius 3 is 2.65 bits per heavy atom. The van der Waals surface area contributed by atoms with Crippen molar-refractivity contribution in [2.75, 3.05) is 24.9 Å². The van der Waals surface area contributed by atoms with E-state index >= 15 is 0 Å². The first-order valence-corrected chi connectivity index (χ1v) is 6.28. The van der Waals surface area contributed by atoms with E-state index in [-0.39, 0.29) is 5.91 Å². The fourth-order valence-corrected chi connectivity index (χ4v) is 2.64. The number of benzene rings is 1. The van der Waals surface area contributed by atoms with Crippen molar-refractivity contribution in [1.29, 1.82) is 0 Å². The number of anilines is 1. The van der Waals surface area contributed by atoms with Gasteiger partial charge in [-0.3, -0.25) is 9.69 Å². The molecule has 0 saturated carbocycles. The van der Waals surface area contributed by atoms with E-state index in [4.69, 9.17) is 21.7 Å². The Balaban J connectivity index is 2.44. The maximum absolute atomic E-state index is 11.7. The first kappa shape index (κ1) is 12.2. The monoisotopic (exact) mass is 269 g/mol. The average Bonchev–Trinajstić information content (AvgIpc) is 2.68. The van der Waals surface area contributed by atoms with E-state index in [1.165, 1.54) is 16.7 Å². The summed E-state index contributed by atoms with van der Waals surface area (Å²) >= 11 is 6.51. The zero-order chi connectivity index (χ0) is 12.4. The molecule has 0 bridgehead atoms. The number of thioether (sulfide) groups is 1. The van der Waals surface area contributed by atoms with Gasteiger partial charge < -0.3 is 9.47 Å². The van der Waals surface area contributed by atoms with Gasteiger partial charge in [0.05, 0.1) is 25.7 Å². The number of thiocarbonyl (C=S) groups is 1. The van der Waals surface area contributed by atoms with Crippen LogP contribution in [0, 0.1) is 0 Å². The van der Waals surface area contributed by atoms with Gasteiger partial charge in [0.25, 0.3) is 0 Å². The Hall–Kier alpha value is -1.27. The minimum atomic E-state index is -0.0246. The number of nitrogens with zero attached hydrogens (tertiary/aromatic N) is 1. The summed E-state index contributed by atoms with van der Waals surface area (Å²) in [6, 6.07) is 5.28. The van der Waals surface area contributed by atoms with Gasteiger partial charge in [0.1, 0.15) is 15.8 Å². The molecule has 1 aliphatic heterocycles. The molecule has 1 amide bonds. The van der Waals surface area contributed by atoms with Crippen LogP contribution < -0.4 is 14.4 Å². The molecule has 1 saturated heterocycles. The Morgan fingerprint density at radius 1 is 1.35 bits per heavy atom. The van der Waals surface area contributed by atoms with Crippen molar-refractivity contribution in [1.82, 2.24) is 0 Å². The Labute approximate surface area is 109 Å². The zero-order valence-electron chi connectivity index (χ0n) is 9.43. The van der Waals surface area contributed by atoms with Crippen LogP contribution in [0.15, 0.2) is 18.2 Å². The Kier molecular flexibility index (Phi) is 3.54. The predicted molar refractivity (Wildman–Crippen MR) is 72.1 cm³/mol. The van der Waals surface area contributed by atoms with Gasteiger partial charge in [-0.15, -0.1) is 0 Å². The van der Waals surface area contributed by atoms with Crippen molar-refractivity contribution >= 4 is 39.9 Å². The van der Waals surface area contributed by atoms with Gasteiger partial charge in [0.15, 0.2) is 0 Å². The smallest absolute Gasteiger partial charge is 0.243 e. The molecule has 0 aliphatic carbocycles. The van der Waals surface area contributed by atoms with E-state index in [1.807, 2.05) is 0 Å². The van der Waals surface area contributed by atoms with Crippen LogP contribution in [0.3, 0.4) is 0 Å². The molecule has 1 heterocycles. The van der Waals surface area contributed by atoms with Crippen LogP contribution in [0.25, 0.3) is 0 Å². The summed E-state index contributed by atoms with van der Waals surface area (Å²) in [5.41, 5.74) is 0.660. The van der Waals surface area contributed by atoms with Crippen molar-refractivity contribution in [3.63, 3.8) is 0 Å². The molecule has 0 aromatic heterocycles. The van der Waals surface area contributed by atoms with E-state index in [0.717, 1.165) is 0 Å². The maximum atomic E-state index is 11.7. The highest BCUT2D eigenvalue weighted by Crippen LogP contribution is 2.36. The molecule has 17 heavy (non-hydrogen) atoms. The number of amides is 1. The number of methoxy groups -OCH3 is 2. The second-order valence-electron chi connectivity index (χ2n) is 3.32. The fourth-order valence-electron chi connectivity index (χ4n) is 1.56. The molecular formula is C11H11NO3S2. The number of hydrogen-bond donors (Lipinski definition) is 0. The average molecular weight is 269 g/mol. The van der Waals surface area contributed by atoms with Crippen LogP contribution in [0.4, 0.5) is 5.69 Å². The van der Waals surface area contributed by atoms with Gasteiger partial charge in [0, 0.05) is 6.07 Å². The zero-order valence-corrected chi connectivity index (χ0v) is 11.1. The summed E-state index contributed by atoms with van der Waals surface area (Å²) in [5, 5.41) is 0. The van der Waals surface area contributed by atoms with E-state index in [0.29, 0.717) is 27.3 Å². The quantitative estimate of drug-likeness (QED) is 0.785. The van der Waals surface area contributed by atoms with Crippen LogP contribution in [0.5, 0.6) is 11.5 Å². The standard InChI is InChI=1S/C11H11NO3S2/c1-14-7-3-4-8(9(5-7)15-2)12-10(13)6-17-11(12)16/h3-5H,6H2,1-2H3. The van der Waals surface area contributed by atoms with Gasteiger partial charge in [-0.25, -0.2) is 0 Å². The van der Waals surface area contributed by atoms with Crippen molar-refractivity contribution in [2.45, 2.75) is 0 Å². The molecule has 0 atom stereocenters. The third-order valence-corrected chi connectivity index (χ3v) is 3.74. The molecule has 1 aliphatic rings. The minimum Gasteiger partial charge on any atom is -0.497 e. The molecule has 0 spiro atoms. The van der Waals surface area contributed by atoms with Gasteiger partial charge in [0.2, 0.25) is 5.91 Å². The lowest BCUT2D eigenvalue weighted by Gasteiger charge is -2.18. The van der Waals surface area contributed by atoms with Crippen LogP contribution >= 0.6 is 24.0 Å². The maximum Gasteiger partial charge on any atom is 0.243 e. The Bertz CT molecular complexity index is 460. The second kappa shape index (κ2) is 4.93. The molecule has 2 rings (SSSR count). The molecule has 4 nitrogen and oxygen atoms in total. The summed E-state index contributed by atoms with van der Waals surface area (Å²) in [5.74, 6) is 1.61. The number of carbonyl (C=O) groups excluding carboxylic acids is 1. The van der Waals surface area contributed by atoms with Gasteiger partial charge in [-0.05, 0) is 12.1 Å². The van der Waals surface area contributed by atoms with Gasteiger partial charge in [-0.1, -0.05) is 24.0 Å². The highest BCUT2D eigenvalue weighted by Gasteiger charge is 2.30. The van der Waals surface area contributed by atoms with Crippen LogP contribution in [-0.2, 0) is 4.79 Å². The predicted octanol–water partition coefficient (Wildman–Crippen LogP) is 2.07. The van der Waals surface area contributed by atoms with Crippen LogP contribution in [0.2, 0.25) is 0 Å². The summed E-state index contributed by atoms with van der Waals surface area (Å²) < 4.78 is 10.9. The summed E-state index contributed by atoms with van der Waals surface area (Å²) in [7, 11) is 3.13. The summed E-state index contributed by atoms with van der Waals surface area (Å²) in [6.07, 6.45) is 0. The van der Waals surface area contributed by atoms with E-state index in [1.54, 1.807) is 32.4 Å². The second-order valence-corrected chi connectivity index (χ2v) is 4.93. The summed E-state index contributed by atoms with van der Waals surface area (Å²) in [4.78, 5) is 13.2. The molecule has 0 unspecified atom stereocenters. The third-order valence-electron chi connectivity index (χ3n) is 2.38. The number of rotatable bonds is 3. The molecule has 1 aromatic carbocycles. The van der Waals surface area contributed by atoms with Crippen molar-refractivity contribution in [3.8, 4) is 11.5 Å². The molecule has 90 valence electrons. The number of hydrogen-bond acceptors (Lipinski definition) is 5. The van der Waals surface area contributed by atoms with Crippen molar-refractivity contribution in [3.05, 3.63) is 18.2 Å². The van der Waals surface area contributed by atoms with E-state index in [2.05, 4.69) is 0 Å². The lowest BCUT2D eigenvalue weighted by molar-refractivity contribution is -0.115. The summed E-state index contributed by atoms with van der Waals surface area (Å²) in [6.45, 7) is 0. The SMILES string of the molecule is COc1ccc(N2C(=O)CSC2=S)c(OC)c1. The minimum absolute atomic E-state index is 0.0246. The van der Waals surface area contributed by atoms with E-state index < -0.39 is 0 Å². The highest BCUT2D eigenvalue weighted by molar-refractivity contribution is 8.24. The largest absolute Gasteiger partial charge is 0.497 e. The first-order valence-electron chi connectivity index (χ1n) is 4.89. The fraction of sp³-hybridized carbons (Fsp3) is 0.273. The first-order chi connectivity index (χ1) is 8.17. The van der Waals surface area contributed by atoms with Gasteiger partial charge in [-0.2, -0.15) is 0 Å². The molecule has 1 fully saturated rings. The lowest BCUT2D eigenvalue weighted by Crippen LogP contribution is -2.28. The van der Waals surface area contributed by atoms with Crippen LogP contribution in [-0.4, -0.2) is 30.2 Å². The molecular weight excluding hydrogens is 258 g/mol. The third kappa shape index (κ3) is 2.23. The molecule has 0 radical (unpaired) electrons.